The first kappa shape index (κ1) is 10.4. The first-order valence-corrected chi connectivity index (χ1v) is 5.74. The van der Waals surface area contributed by atoms with Crippen LogP contribution in [0.5, 0.6) is 0 Å². The van der Waals surface area contributed by atoms with E-state index in [1.54, 1.807) is 0 Å². The van der Waals surface area contributed by atoms with E-state index in [9.17, 15) is 4.79 Å². The summed E-state index contributed by atoms with van der Waals surface area (Å²) >= 11 is 0. The van der Waals surface area contributed by atoms with E-state index in [1.165, 1.54) is 11.1 Å². The van der Waals surface area contributed by atoms with Crippen molar-refractivity contribution in [3.8, 4) is 0 Å². The number of fused-ring (bicyclic) bond motifs is 1. The van der Waals surface area contributed by atoms with Crippen LogP contribution >= 0.6 is 0 Å². The van der Waals surface area contributed by atoms with Crippen molar-refractivity contribution in [2.24, 2.45) is 11.8 Å². The van der Waals surface area contributed by atoms with Crippen LogP contribution in [0.15, 0.2) is 18.2 Å². The minimum atomic E-state index is 0.189. The molecule has 0 saturated carbocycles. The average Bonchev–Trinajstić information content (AvgIpc) is 2.43. The highest BCUT2D eigenvalue weighted by atomic mass is 16.1. The van der Waals surface area contributed by atoms with Gasteiger partial charge in [-0.2, -0.15) is 0 Å². The van der Waals surface area contributed by atoms with Gasteiger partial charge in [0.25, 0.3) is 0 Å². The van der Waals surface area contributed by atoms with Crippen molar-refractivity contribution in [1.82, 2.24) is 0 Å². The second kappa shape index (κ2) is 3.80. The molecule has 1 aliphatic rings. The average molecular weight is 202 g/mol. The molecule has 2 rings (SSSR count). The van der Waals surface area contributed by atoms with Gasteiger partial charge in [0.15, 0.2) is 5.78 Å². The highest BCUT2D eigenvalue weighted by Crippen LogP contribution is 2.27. The standard InChI is InChI=1S/C14H18O/c1-9(2)6-11-4-5-12-7-10(3)14(15)13(12)8-11/h4-5,8-10H,6-7H2,1-3H3/t10-/m0/s1. The molecule has 1 aromatic rings. The first-order chi connectivity index (χ1) is 7.08. The number of carbonyl (C=O) groups is 1. The van der Waals surface area contributed by atoms with Crippen molar-refractivity contribution >= 4 is 5.78 Å². The van der Waals surface area contributed by atoms with Crippen molar-refractivity contribution in [2.75, 3.05) is 0 Å². The Labute approximate surface area is 91.5 Å². The molecule has 1 nitrogen and oxygen atoms in total. The van der Waals surface area contributed by atoms with Crippen LogP contribution in [0.1, 0.15) is 42.3 Å². The monoisotopic (exact) mass is 202 g/mol. The highest BCUT2D eigenvalue weighted by Gasteiger charge is 2.26. The second-order valence-electron chi connectivity index (χ2n) is 5.06. The third kappa shape index (κ3) is 1.97. The van der Waals surface area contributed by atoms with Gasteiger partial charge in [-0.1, -0.05) is 32.9 Å². The highest BCUT2D eigenvalue weighted by molar-refractivity contribution is 6.02. The third-order valence-electron chi connectivity index (χ3n) is 3.06. The molecular weight excluding hydrogens is 184 g/mol. The van der Waals surface area contributed by atoms with E-state index in [4.69, 9.17) is 0 Å². The molecule has 0 radical (unpaired) electrons. The maximum absolute atomic E-state index is 11.8. The van der Waals surface area contributed by atoms with Crippen LogP contribution in [0.3, 0.4) is 0 Å². The summed E-state index contributed by atoms with van der Waals surface area (Å²) < 4.78 is 0. The fourth-order valence-electron chi connectivity index (χ4n) is 2.32. The van der Waals surface area contributed by atoms with Gasteiger partial charge >= 0.3 is 0 Å². The molecule has 1 atom stereocenters. The van der Waals surface area contributed by atoms with E-state index < -0.39 is 0 Å². The largest absolute Gasteiger partial charge is 0.294 e. The molecule has 0 aromatic heterocycles. The summed E-state index contributed by atoms with van der Waals surface area (Å²) in [6.07, 6.45) is 1.99. The molecule has 0 bridgehead atoms. The Morgan fingerprint density at radius 1 is 1.40 bits per heavy atom. The molecule has 0 spiro atoms. The Bertz CT molecular complexity index is 390. The van der Waals surface area contributed by atoms with Crippen molar-refractivity contribution in [2.45, 2.75) is 33.6 Å². The molecule has 1 aliphatic carbocycles. The van der Waals surface area contributed by atoms with Crippen molar-refractivity contribution in [3.63, 3.8) is 0 Å². The van der Waals surface area contributed by atoms with E-state index in [2.05, 4.69) is 32.0 Å². The molecule has 1 heteroatoms. The topological polar surface area (TPSA) is 17.1 Å². The van der Waals surface area contributed by atoms with Crippen LogP contribution in [0, 0.1) is 11.8 Å². The van der Waals surface area contributed by atoms with E-state index >= 15 is 0 Å². The SMILES string of the molecule is CC(C)Cc1ccc2c(c1)C(=O)[C@@H](C)C2. The second-order valence-corrected chi connectivity index (χ2v) is 5.06. The van der Waals surface area contributed by atoms with E-state index in [-0.39, 0.29) is 5.92 Å². The van der Waals surface area contributed by atoms with Crippen LogP contribution in [0.4, 0.5) is 0 Å². The van der Waals surface area contributed by atoms with Gasteiger partial charge in [-0.25, -0.2) is 0 Å². The summed E-state index contributed by atoms with van der Waals surface area (Å²) in [5, 5.41) is 0. The van der Waals surface area contributed by atoms with Gasteiger partial charge in [0, 0.05) is 11.5 Å². The fourth-order valence-corrected chi connectivity index (χ4v) is 2.32. The molecule has 15 heavy (non-hydrogen) atoms. The lowest BCUT2D eigenvalue weighted by Crippen LogP contribution is -2.03. The number of ketones is 1. The molecule has 0 saturated heterocycles. The molecule has 0 fully saturated rings. The summed E-state index contributed by atoms with van der Waals surface area (Å²) in [5.41, 5.74) is 3.51. The minimum absolute atomic E-state index is 0.189. The molecule has 0 aliphatic heterocycles. The predicted octanol–water partition coefficient (Wildman–Crippen LogP) is 3.26. The van der Waals surface area contributed by atoms with E-state index in [0.717, 1.165) is 18.4 Å². The molecule has 1 aromatic carbocycles. The molecule has 0 amide bonds. The molecule has 80 valence electrons. The predicted molar refractivity (Wildman–Crippen MR) is 62.2 cm³/mol. The van der Waals surface area contributed by atoms with Gasteiger partial charge in [0.05, 0.1) is 0 Å². The zero-order valence-electron chi connectivity index (χ0n) is 9.71. The van der Waals surface area contributed by atoms with Gasteiger partial charge in [0.2, 0.25) is 0 Å². The van der Waals surface area contributed by atoms with Gasteiger partial charge in [0.1, 0.15) is 0 Å². The van der Waals surface area contributed by atoms with Gasteiger partial charge < -0.3 is 0 Å². The zero-order chi connectivity index (χ0) is 11.0. The number of hydrogen-bond acceptors (Lipinski definition) is 1. The lowest BCUT2D eigenvalue weighted by atomic mass is 9.99. The Morgan fingerprint density at radius 3 is 2.80 bits per heavy atom. The smallest absolute Gasteiger partial charge is 0.166 e. The summed E-state index contributed by atoms with van der Waals surface area (Å²) in [4.78, 5) is 11.8. The number of hydrogen-bond donors (Lipinski definition) is 0. The maximum Gasteiger partial charge on any atom is 0.166 e. The zero-order valence-corrected chi connectivity index (χ0v) is 9.71. The van der Waals surface area contributed by atoms with Gasteiger partial charge in [-0.05, 0) is 36.0 Å². The third-order valence-corrected chi connectivity index (χ3v) is 3.06. The van der Waals surface area contributed by atoms with Gasteiger partial charge in [-0.15, -0.1) is 0 Å². The van der Waals surface area contributed by atoms with Crippen LogP contribution in [-0.4, -0.2) is 5.78 Å². The number of benzene rings is 1. The van der Waals surface area contributed by atoms with E-state index in [1.807, 2.05) is 6.92 Å². The quantitative estimate of drug-likeness (QED) is 0.719. The Hall–Kier alpha value is -1.11. The fraction of sp³-hybridized carbons (Fsp3) is 0.500. The van der Waals surface area contributed by atoms with Crippen LogP contribution in [-0.2, 0) is 12.8 Å². The van der Waals surface area contributed by atoms with Crippen molar-refractivity contribution in [1.29, 1.82) is 0 Å². The van der Waals surface area contributed by atoms with Crippen molar-refractivity contribution in [3.05, 3.63) is 34.9 Å². The number of rotatable bonds is 2. The summed E-state index contributed by atoms with van der Waals surface area (Å²) in [6.45, 7) is 6.43. The molecular formula is C14H18O. The first-order valence-electron chi connectivity index (χ1n) is 5.74. The summed E-state index contributed by atoms with van der Waals surface area (Å²) in [5.74, 6) is 1.17. The Kier molecular flexibility index (Phi) is 2.64. The maximum atomic E-state index is 11.8. The van der Waals surface area contributed by atoms with Crippen LogP contribution in [0.25, 0.3) is 0 Å². The normalized spacial score (nSPS) is 19.7. The van der Waals surface area contributed by atoms with Crippen molar-refractivity contribution < 1.29 is 4.79 Å². The molecule has 0 unspecified atom stereocenters. The molecule has 0 N–H and O–H groups in total. The van der Waals surface area contributed by atoms with E-state index in [0.29, 0.717) is 11.7 Å². The number of carbonyl (C=O) groups excluding carboxylic acids is 1. The summed E-state index contributed by atoms with van der Waals surface area (Å²) in [7, 11) is 0. The number of Topliss-reactive ketones (excluding diaryl/α,β-unsaturated/α-hetero) is 1. The van der Waals surface area contributed by atoms with Gasteiger partial charge in [-0.3, -0.25) is 4.79 Å². The Balaban J connectivity index is 2.31. The van der Waals surface area contributed by atoms with Crippen LogP contribution < -0.4 is 0 Å². The Morgan fingerprint density at radius 2 is 2.13 bits per heavy atom. The summed E-state index contributed by atoms with van der Waals surface area (Å²) in [6, 6.07) is 6.40. The lowest BCUT2D eigenvalue weighted by Gasteiger charge is -2.06. The molecule has 0 heterocycles. The minimum Gasteiger partial charge on any atom is -0.294 e. The lowest BCUT2D eigenvalue weighted by molar-refractivity contribution is 0.0946. The van der Waals surface area contributed by atoms with Crippen LogP contribution in [0.2, 0.25) is 0 Å².